The van der Waals surface area contributed by atoms with Crippen molar-refractivity contribution in [3.8, 4) is 0 Å². The van der Waals surface area contributed by atoms with Crippen LogP contribution in [0, 0.1) is 5.21 Å². The molecular weight excluding hydrogens is 92.1 g/mol. The normalized spacial score (nSPS) is 20.1. The van der Waals surface area contributed by atoms with Gasteiger partial charge >= 0.3 is 0 Å². The van der Waals surface area contributed by atoms with E-state index in [9.17, 15) is 5.21 Å². The Balaban J connectivity index is 2.54. The maximum Gasteiger partial charge on any atom is 0.186 e. The van der Waals surface area contributed by atoms with Gasteiger partial charge in [0, 0.05) is 0 Å². The lowest BCUT2D eigenvalue weighted by molar-refractivity contribution is -0.616. The van der Waals surface area contributed by atoms with Crippen molar-refractivity contribution in [1.82, 2.24) is 5.01 Å². The molecule has 0 saturated carbocycles. The minimum Gasteiger partial charge on any atom is -0.597 e. The molecule has 1 aliphatic rings. The highest BCUT2D eigenvalue weighted by molar-refractivity contribution is 5.52. The van der Waals surface area contributed by atoms with Gasteiger partial charge in [-0.1, -0.05) is 4.85 Å². The summed E-state index contributed by atoms with van der Waals surface area (Å²) in [5, 5.41) is 12.0. The highest BCUT2D eigenvalue weighted by Crippen LogP contribution is 1.92. The molecule has 0 atom stereocenters. The first kappa shape index (κ1) is 4.43. The Labute approximate surface area is 42.4 Å². The maximum absolute atomic E-state index is 10.4. The molecule has 0 amide bonds. The molecule has 0 fully saturated rings. The van der Waals surface area contributed by atoms with Gasteiger partial charge in [0.05, 0.1) is 20.0 Å². The summed E-state index contributed by atoms with van der Waals surface area (Å²) in [6.45, 7) is 0.865. The molecule has 1 aliphatic heterocycles. The van der Waals surface area contributed by atoms with Crippen LogP contribution in [0.3, 0.4) is 0 Å². The summed E-state index contributed by atoms with van der Waals surface area (Å²) in [6, 6.07) is 0. The molecule has 0 aromatic heterocycles. The second kappa shape index (κ2) is 1.40. The van der Waals surface area contributed by atoms with E-state index in [0.29, 0.717) is 0 Å². The summed E-state index contributed by atoms with van der Waals surface area (Å²) in [7, 11) is 1.77. The minimum absolute atomic E-state index is 0.861. The van der Waals surface area contributed by atoms with Crippen LogP contribution in [0.15, 0.2) is 0 Å². The molecule has 0 radical (unpaired) electrons. The molecule has 1 heterocycles. The molecule has 0 spiro atoms. The second-order valence-electron chi connectivity index (χ2n) is 1.66. The van der Waals surface area contributed by atoms with Crippen molar-refractivity contribution in [2.75, 3.05) is 13.6 Å². The van der Waals surface area contributed by atoms with Crippen molar-refractivity contribution in [1.29, 1.82) is 0 Å². The van der Waals surface area contributed by atoms with Gasteiger partial charge in [0.2, 0.25) is 0 Å². The lowest BCUT2D eigenvalue weighted by Crippen LogP contribution is -2.21. The Bertz CT molecular complexity index is 99.9. The molecule has 0 aromatic carbocycles. The van der Waals surface area contributed by atoms with E-state index in [4.69, 9.17) is 0 Å². The van der Waals surface area contributed by atoms with Crippen LogP contribution in [0.1, 0.15) is 6.42 Å². The zero-order valence-electron chi connectivity index (χ0n) is 4.29. The first-order chi connectivity index (χ1) is 3.30. The predicted molar refractivity (Wildman–Crippen MR) is 26.9 cm³/mol. The van der Waals surface area contributed by atoms with Crippen LogP contribution >= 0.6 is 0 Å². The topological polar surface area (TPSA) is 29.3 Å². The van der Waals surface area contributed by atoms with Crippen LogP contribution in [-0.4, -0.2) is 29.7 Å². The third-order valence-electron chi connectivity index (χ3n) is 1.07. The fourth-order valence-electron chi connectivity index (χ4n) is 0.593. The molecule has 0 N–H and O–H groups in total. The van der Waals surface area contributed by atoms with Crippen LogP contribution < -0.4 is 0 Å². The van der Waals surface area contributed by atoms with Gasteiger partial charge in [-0.05, 0) is 0 Å². The summed E-state index contributed by atoms with van der Waals surface area (Å²) >= 11 is 0. The summed E-state index contributed by atoms with van der Waals surface area (Å²) in [6.07, 6.45) is 2.51. The highest BCUT2D eigenvalue weighted by atomic mass is 16.5. The third kappa shape index (κ3) is 0.656. The van der Waals surface area contributed by atoms with Crippen LogP contribution in [0.4, 0.5) is 0 Å². The van der Waals surface area contributed by atoms with Gasteiger partial charge in [-0.3, -0.25) is 0 Å². The van der Waals surface area contributed by atoms with E-state index >= 15 is 0 Å². The number of hydrazine groups is 1. The monoisotopic (exact) mass is 100 g/mol. The van der Waals surface area contributed by atoms with E-state index < -0.39 is 0 Å². The number of hydrogen-bond donors (Lipinski definition) is 0. The van der Waals surface area contributed by atoms with Crippen molar-refractivity contribution >= 4 is 6.21 Å². The summed E-state index contributed by atoms with van der Waals surface area (Å²) < 4.78 is 0. The predicted octanol–water partition coefficient (Wildman–Crippen LogP) is -0.182. The molecule has 0 aliphatic carbocycles. The van der Waals surface area contributed by atoms with Gasteiger partial charge in [-0.25, -0.2) is 0 Å². The van der Waals surface area contributed by atoms with Gasteiger partial charge in [-0.2, -0.15) is 5.01 Å². The van der Waals surface area contributed by atoms with Crippen LogP contribution in [0.25, 0.3) is 0 Å². The lowest BCUT2D eigenvalue weighted by atomic mass is 10.5. The van der Waals surface area contributed by atoms with E-state index in [2.05, 4.69) is 0 Å². The minimum atomic E-state index is 0.861. The molecule has 7 heavy (non-hydrogen) atoms. The van der Waals surface area contributed by atoms with Crippen molar-refractivity contribution in [2.24, 2.45) is 0 Å². The molecule has 0 bridgehead atoms. The zero-order chi connectivity index (χ0) is 5.28. The van der Waals surface area contributed by atoms with Crippen LogP contribution in [0.5, 0.6) is 0 Å². The van der Waals surface area contributed by atoms with Crippen molar-refractivity contribution in [3.05, 3.63) is 5.21 Å². The van der Waals surface area contributed by atoms with Gasteiger partial charge < -0.3 is 5.21 Å². The van der Waals surface area contributed by atoms with Crippen LogP contribution in [-0.2, 0) is 0 Å². The Morgan fingerprint density at radius 3 is 2.71 bits per heavy atom. The Morgan fingerprint density at radius 2 is 2.57 bits per heavy atom. The number of hydrazone groups is 1. The SMILES string of the molecule is CN1CCC=[N+]1[O-]. The number of hydrogen-bond acceptors (Lipinski definition) is 2. The van der Waals surface area contributed by atoms with Crippen LogP contribution in [0.2, 0.25) is 0 Å². The molecule has 0 saturated heterocycles. The molecule has 0 unspecified atom stereocenters. The third-order valence-corrected chi connectivity index (χ3v) is 1.07. The van der Waals surface area contributed by atoms with E-state index in [1.807, 2.05) is 0 Å². The second-order valence-corrected chi connectivity index (χ2v) is 1.66. The first-order valence-corrected chi connectivity index (χ1v) is 2.31. The summed E-state index contributed by atoms with van der Waals surface area (Å²) in [4.78, 5) is 0.861. The van der Waals surface area contributed by atoms with E-state index in [1.165, 1.54) is 0 Å². The molecule has 40 valence electrons. The van der Waals surface area contributed by atoms with Crippen molar-refractivity contribution in [2.45, 2.75) is 6.42 Å². The maximum atomic E-state index is 10.4. The van der Waals surface area contributed by atoms with Gasteiger partial charge in [-0.15, -0.1) is 0 Å². The lowest BCUT2D eigenvalue weighted by Gasteiger charge is -2.07. The largest absolute Gasteiger partial charge is 0.597 e. The molecule has 3 heteroatoms. The standard InChI is InChI=1S/C4H8N2O/c1-5-3-2-4-6(5)7/h4H,2-3H2,1H3. The molecular formula is C4H8N2O. The Kier molecular flexibility index (Phi) is 0.889. The molecule has 0 aromatic rings. The highest BCUT2D eigenvalue weighted by Gasteiger charge is 2.08. The fourth-order valence-corrected chi connectivity index (χ4v) is 0.593. The van der Waals surface area contributed by atoms with E-state index in [1.54, 1.807) is 18.3 Å². The van der Waals surface area contributed by atoms with Gasteiger partial charge in [0.25, 0.3) is 0 Å². The fraction of sp³-hybridized carbons (Fsp3) is 0.750. The zero-order valence-corrected chi connectivity index (χ0v) is 4.29. The van der Waals surface area contributed by atoms with Crippen molar-refractivity contribution < 1.29 is 4.85 Å². The summed E-state index contributed by atoms with van der Waals surface area (Å²) in [5.74, 6) is 0. The summed E-state index contributed by atoms with van der Waals surface area (Å²) in [5.41, 5.74) is 0. The average Bonchev–Trinajstić information content (AvgIpc) is 1.91. The average molecular weight is 100 g/mol. The first-order valence-electron chi connectivity index (χ1n) is 2.31. The van der Waals surface area contributed by atoms with Gasteiger partial charge in [0.1, 0.15) is 0 Å². The number of rotatable bonds is 0. The number of nitrogens with zero attached hydrogens (tertiary/aromatic N) is 2. The quantitative estimate of drug-likeness (QED) is 0.312. The van der Waals surface area contributed by atoms with Gasteiger partial charge in [0.15, 0.2) is 6.21 Å². The molecule has 3 nitrogen and oxygen atoms in total. The Hall–Kier alpha value is -0.730. The van der Waals surface area contributed by atoms with E-state index in [-0.39, 0.29) is 0 Å². The van der Waals surface area contributed by atoms with E-state index in [0.717, 1.165) is 17.8 Å². The molecule has 1 rings (SSSR count). The smallest absolute Gasteiger partial charge is 0.186 e. The Morgan fingerprint density at radius 1 is 1.86 bits per heavy atom. The van der Waals surface area contributed by atoms with Crippen molar-refractivity contribution in [3.63, 3.8) is 0 Å².